The largest absolute Gasteiger partial charge is 0.495 e. The number of aromatic amines is 1. The number of sulfonamides is 1. The summed E-state index contributed by atoms with van der Waals surface area (Å²) in [6.45, 7) is 7.69. The van der Waals surface area contributed by atoms with E-state index < -0.39 is 10.0 Å². The standard InChI is InChI=1S/C28H34N6O5S/c1-5-9-25-29-19(3)26-28(35)30-27(31-34(25)26)21-18-20(12-13-23(21)39-6-2)40(36,37)33-16-14-32(15-17-33)22-10-7-8-11-24(22)38-4/h7-8,10-13,18H,5-6,9,14-17H2,1-4H3,(H,30,31,35). The lowest BCUT2D eigenvalue weighted by molar-refractivity contribution is 0.341. The van der Waals surface area contributed by atoms with Crippen molar-refractivity contribution in [3.63, 3.8) is 0 Å². The van der Waals surface area contributed by atoms with Gasteiger partial charge in [-0.3, -0.25) is 4.79 Å². The molecule has 1 N–H and O–H groups in total. The monoisotopic (exact) mass is 566 g/mol. The number of hydrogen-bond donors (Lipinski definition) is 1. The summed E-state index contributed by atoms with van der Waals surface area (Å²) in [4.78, 5) is 22.6. The normalized spacial score (nSPS) is 14.6. The maximum Gasteiger partial charge on any atom is 0.277 e. The summed E-state index contributed by atoms with van der Waals surface area (Å²) < 4.78 is 41.9. The average Bonchev–Trinajstić information content (AvgIpc) is 3.28. The quantitative estimate of drug-likeness (QED) is 0.328. The van der Waals surface area contributed by atoms with Crippen LogP contribution in [-0.4, -0.2) is 72.2 Å². The third kappa shape index (κ3) is 5.04. The van der Waals surface area contributed by atoms with Gasteiger partial charge in [0, 0.05) is 32.6 Å². The van der Waals surface area contributed by atoms with Crippen molar-refractivity contribution < 1.29 is 17.9 Å². The van der Waals surface area contributed by atoms with Gasteiger partial charge in [-0.05, 0) is 50.6 Å². The number of imidazole rings is 1. The number of benzene rings is 2. The van der Waals surface area contributed by atoms with E-state index in [1.165, 1.54) is 16.4 Å². The van der Waals surface area contributed by atoms with Crippen LogP contribution in [0.1, 0.15) is 31.8 Å². The number of aryl methyl sites for hydroxylation is 2. The number of aromatic nitrogens is 4. The fourth-order valence-electron chi connectivity index (χ4n) is 5.09. The van der Waals surface area contributed by atoms with Gasteiger partial charge in [-0.25, -0.2) is 17.9 Å². The van der Waals surface area contributed by atoms with Crippen molar-refractivity contribution in [3.8, 4) is 22.9 Å². The van der Waals surface area contributed by atoms with Gasteiger partial charge in [0.25, 0.3) is 5.56 Å². The third-order valence-electron chi connectivity index (χ3n) is 7.02. The molecule has 212 valence electrons. The second-order valence-corrected chi connectivity index (χ2v) is 11.5. The van der Waals surface area contributed by atoms with Gasteiger partial charge in [-0.15, -0.1) is 5.10 Å². The Morgan fingerprint density at radius 1 is 1.02 bits per heavy atom. The van der Waals surface area contributed by atoms with E-state index in [0.29, 0.717) is 67.6 Å². The van der Waals surface area contributed by atoms with Crippen molar-refractivity contribution in [1.82, 2.24) is 23.9 Å². The van der Waals surface area contributed by atoms with Gasteiger partial charge < -0.3 is 19.4 Å². The third-order valence-corrected chi connectivity index (χ3v) is 8.92. The van der Waals surface area contributed by atoms with Crippen molar-refractivity contribution in [3.05, 3.63) is 64.3 Å². The van der Waals surface area contributed by atoms with E-state index in [-0.39, 0.29) is 16.3 Å². The summed E-state index contributed by atoms with van der Waals surface area (Å²) in [6.07, 6.45) is 1.49. The highest BCUT2D eigenvalue weighted by molar-refractivity contribution is 7.89. The molecule has 0 saturated carbocycles. The summed E-state index contributed by atoms with van der Waals surface area (Å²) in [5, 5.41) is 4.68. The smallest absolute Gasteiger partial charge is 0.277 e. The Labute approximate surface area is 233 Å². The fraction of sp³-hybridized carbons (Fsp3) is 0.393. The number of H-pyrrole nitrogens is 1. The number of para-hydroxylation sites is 2. The van der Waals surface area contributed by atoms with Crippen LogP contribution in [0, 0.1) is 6.92 Å². The lowest BCUT2D eigenvalue weighted by Gasteiger charge is -2.36. The van der Waals surface area contributed by atoms with Crippen LogP contribution in [0.25, 0.3) is 16.9 Å². The van der Waals surface area contributed by atoms with Crippen LogP contribution in [0.2, 0.25) is 0 Å². The number of nitrogens with one attached hydrogen (secondary N) is 1. The zero-order valence-corrected chi connectivity index (χ0v) is 24.0. The molecule has 1 aliphatic rings. The molecule has 11 nitrogen and oxygen atoms in total. The van der Waals surface area contributed by atoms with Crippen LogP contribution in [0.15, 0.2) is 52.2 Å². The topological polar surface area (TPSA) is 122 Å². The fourth-order valence-corrected chi connectivity index (χ4v) is 6.54. The molecule has 0 bridgehead atoms. The number of piperazine rings is 1. The molecule has 0 atom stereocenters. The molecule has 0 amide bonds. The van der Waals surface area contributed by atoms with E-state index in [9.17, 15) is 13.2 Å². The van der Waals surface area contributed by atoms with Gasteiger partial charge in [0.05, 0.1) is 35.6 Å². The van der Waals surface area contributed by atoms with E-state index in [1.54, 1.807) is 24.6 Å². The minimum atomic E-state index is -3.83. The highest BCUT2D eigenvalue weighted by Gasteiger charge is 2.30. The molecule has 40 heavy (non-hydrogen) atoms. The van der Waals surface area contributed by atoms with Crippen LogP contribution >= 0.6 is 0 Å². The van der Waals surface area contributed by atoms with Crippen molar-refractivity contribution in [2.24, 2.45) is 0 Å². The first-order valence-corrected chi connectivity index (χ1v) is 14.9. The number of hydrogen-bond acceptors (Lipinski definition) is 8. The molecule has 0 unspecified atom stereocenters. The molecule has 1 saturated heterocycles. The average molecular weight is 567 g/mol. The first-order chi connectivity index (χ1) is 19.3. The first-order valence-electron chi connectivity index (χ1n) is 13.4. The van der Waals surface area contributed by atoms with E-state index in [1.807, 2.05) is 38.1 Å². The van der Waals surface area contributed by atoms with E-state index in [2.05, 4.69) is 20.0 Å². The van der Waals surface area contributed by atoms with Crippen LogP contribution in [-0.2, 0) is 16.4 Å². The molecule has 0 radical (unpaired) electrons. The van der Waals surface area contributed by atoms with Gasteiger partial charge in [-0.2, -0.15) is 4.31 Å². The predicted octanol–water partition coefficient (Wildman–Crippen LogP) is 3.26. The lowest BCUT2D eigenvalue weighted by atomic mass is 10.2. The first kappa shape index (κ1) is 27.7. The molecule has 0 spiro atoms. The van der Waals surface area contributed by atoms with Crippen LogP contribution in [0.4, 0.5) is 5.69 Å². The Hall–Kier alpha value is -3.90. The molecule has 2 aromatic heterocycles. The molecular weight excluding hydrogens is 532 g/mol. The number of methoxy groups -OCH3 is 1. The number of nitrogens with zero attached hydrogens (tertiary/aromatic N) is 5. The predicted molar refractivity (Wildman–Crippen MR) is 153 cm³/mol. The number of fused-ring (bicyclic) bond motifs is 1. The summed E-state index contributed by atoms with van der Waals surface area (Å²) >= 11 is 0. The lowest BCUT2D eigenvalue weighted by Crippen LogP contribution is -2.48. The van der Waals surface area contributed by atoms with Crippen LogP contribution in [0.3, 0.4) is 0 Å². The van der Waals surface area contributed by atoms with Crippen molar-refractivity contribution in [2.45, 2.75) is 38.5 Å². The number of anilines is 1. The molecule has 12 heteroatoms. The Balaban J connectivity index is 1.49. The Kier molecular flexibility index (Phi) is 7.81. The Morgan fingerprint density at radius 2 is 1.77 bits per heavy atom. The highest BCUT2D eigenvalue weighted by atomic mass is 32.2. The van der Waals surface area contributed by atoms with Gasteiger partial charge in [-0.1, -0.05) is 19.1 Å². The molecule has 1 fully saturated rings. The molecular formula is C28H34N6O5S. The molecule has 0 aliphatic carbocycles. The zero-order valence-electron chi connectivity index (χ0n) is 23.2. The summed E-state index contributed by atoms with van der Waals surface area (Å²) in [5.41, 5.74) is 1.95. The summed E-state index contributed by atoms with van der Waals surface area (Å²) in [5.74, 6) is 2.08. The highest BCUT2D eigenvalue weighted by Crippen LogP contribution is 2.33. The Morgan fingerprint density at radius 3 is 2.48 bits per heavy atom. The minimum absolute atomic E-state index is 0.107. The van der Waals surface area contributed by atoms with Crippen LogP contribution < -0.4 is 19.9 Å². The van der Waals surface area contributed by atoms with Crippen molar-refractivity contribution in [2.75, 3.05) is 44.8 Å². The zero-order chi connectivity index (χ0) is 28.4. The van der Waals surface area contributed by atoms with Gasteiger partial charge >= 0.3 is 0 Å². The minimum Gasteiger partial charge on any atom is -0.495 e. The van der Waals surface area contributed by atoms with E-state index >= 15 is 0 Å². The van der Waals surface area contributed by atoms with Gasteiger partial charge in [0.1, 0.15) is 17.3 Å². The van der Waals surface area contributed by atoms with E-state index in [0.717, 1.165) is 17.9 Å². The Bertz CT molecular complexity index is 1690. The van der Waals surface area contributed by atoms with Gasteiger partial charge in [0.15, 0.2) is 11.3 Å². The molecule has 1 aliphatic heterocycles. The molecule has 2 aromatic carbocycles. The van der Waals surface area contributed by atoms with Crippen molar-refractivity contribution >= 4 is 21.2 Å². The molecule has 4 aromatic rings. The van der Waals surface area contributed by atoms with Gasteiger partial charge in [0.2, 0.25) is 10.0 Å². The van der Waals surface area contributed by atoms with Crippen molar-refractivity contribution in [1.29, 1.82) is 0 Å². The van der Waals surface area contributed by atoms with E-state index in [4.69, 9.17) is 9.47 Å². The maximum atomic E-state index is 13.8. The number of ether oxygens (including phenoxy) is 2. The second-order valence-electron chi connectivity index (χ2n) is 9.58. The van der Waals surface area contributed by atoms with Crippen LogP contribution in [0.5, 0.6) is 11.5 Å². The molecule has 5 rings (SSSR count). The summed E-state index contributed by atoms with van der Waals surface area (Å²) in [6, 6.07) is 12.4. The molecule has 3 heterocycles. The number of rotatable bonds is 9. The SMILES string of the molecule is CCCc1nc(C)c2c(=O)[nH]c(-c3cc(S(=O)(=O)N4CCN(c5ccccc5OC)CC4)ccc3OCC)nn12. The maximum absolute atomic E-state index is 13.8. The second kappa shape index (κ2) is 11.3. The summed E-state index contributed by atoms with van der Waals surface area (Å²) in [7, 11) is -2.20.